The normalized spacial score (nSPS) is 14.9. The molecule has 0 radical (unpaired) electrons. The molecule has 1 fully saturated rings. The van der Waals surface area contributed by atoms with Crippen LogP contribution in [0.2, 0.25) is 0 Å². The van der Waals surface area contributed by atoms with Crippen LogP contribution in [0, 0.1) is 0 Å². The van der Waals surface area contributed by atoms with E-state index in [1.165, 1.54) is 20.5 Å². The SMILES string of the molecule is COC(=O)CCN(CCCNC(C)=O)C(=O)NC1CCCCC1. The Morgan fingerprint density at radius 1 is 1.13 bits per heavy atom. The molecule has 0 atom stereocenters. The lowest BCUT2D eigenvalue weighted by Gasteiger charge is -2.28. The summed E-state index contributed by atoms with van der Waals surface area (Å²) in [5.41, 5.74) is 0. The van der Waals surface area contributed by atoms with Crippen molar-refractivity contribution in [2.24, 2.45) is 0 Å². The Balaban J connectivity index is 2.44. The monoisotopic (exact) mass is 327 g/mol. The number of amides is 3. The summed E-state index contributed by atoms with van der Waals surface area (Å²) >= 11 is 0. The van der Waals surface area contributed by atoms with Crippen LogP contribution >= 0.6 is 0 Å². The maximum Gasteiger partial charge on any atom is 0.317 e. The van der Waals surface area contributed by atoms with Gasteiger partial charge in [-0.05, 0) is 19.3 Å². The zero-order valence-electron chi connectivity index (χ0n) is 14.2. The highest BCUT2D eigenvalue weighted by Crippen LogP contribution is 2.17. The average Bonchev–Trinajstić information content (AvgIpc) is 2.54. The summed E-state index contributed by atoms with van der Waals surface area (Å²) in [7, 11) is 1.34. The van der Waals surface area contributed by atoms with Crippen LogP contribution in [-0.4, -0.2) is 55.6 Å². The lowest BCUT2D eigenvalue weighted by molar-refractivity contribution is -0.140. The number of carbonyl (C=O) groups excluding carboxylic acids is 3. The van der Waals surface area contributed by atoms with E-state index in [0.717, 1.165) is 25.7 Å². The molecule has 0 aromatic rings. The second-order valence-corrected chi connectivity index (χ2v) is 5.93. The molecule has 1 aliphatic rings. The average molecular weight is 327 g/mol. The van der Waals surface area contributed by atoms with Crippen molar-refractivity contribution < 1.29 is 19.1 Å². The van der Waals surface area contributed by atoms with Gasteiger partial charge in [0.25, 0.3) is 0 Å². The number of hydrogen-bond donors (Lipinski definition) is 2. The fourth-order valence-corrected chi connectivity index (χ4v) is 2.69. The van der Waals surface area contributed by atoms with Gasteiger partial charge >= 0.3 is 12.0 Å². The first-order chi connectivity index (χ1) is 11.0. The first-order valence-electron chi connectivity index (χ1n) is 8.39. The number of nitrogens with zero attached hydrogens (tertiary/aromatic N) is 1. The molecule has 132 valence electrons. The fourth-order valence-electron chi connectivity index (χ4n) is 2.69. The highest BCUT2D eigenvalue weighted by molar-refractivity contribution is 5.76. The van der Waals surface area contributed by atoms with Gasteiger partial charge < -0.3 is 20.3 Å². The summed E-state index contributed by atoms with van der Waals surface area (Å²) in [6.45, 7) is 2.80. The van der Waals surface area contributed by atoms with Gasteiger partial charge in [0, 0.05) is 32.6 Å². The number of esters is 1. The molecule has 0 bridgehead atoms. The van der Waals surface area contributed by atoms with Gasteiger partial charge in [-0.25, -0.2) is 4.79 Å². The molecule has 0 unspecified atom stereocenters. The second-order valence-electron chi connectivity index (χ2n) is 5.93. The Morgan fingerprint density at radius 3 is 2.43 bits per heavy atom. The van der Waals surface area contributed by atoms with Crippen LogP contribution < -0.4 is 10.6 Å². The minimum absolute atomic E-state index is 0.0854. The molecule has 1 aliphatic carbocycles. The molecular formula is C16H29N3O4. The maximum absolute atomic E-state index is 12.4. The zero-order valence-corrected chi connectivity index (χ0v) is 14.2. The van der Waals surface area contributed by atoms with Crippen LogP contribution in [0.4, 0.5) is 4.79 Å². The van der Waals surface area contributed by atoms with E-state index in [1.54, 1.807) is 4.90 Å². The number of ether oxygens (including phenoxy) is 1. The molecule has 7 heteroatoms. The molecular weight excluding hydrogens is 298 g/mol. The summed E-state index contributed by atoms with van der Waals surface area (Å²) in [6.07, 6.45) is 6.39. The van der Waals surface area contributed by atoms with Crippen LogP contribution in [0.3, 0.4) is 0 Å². The predicted octanol–water partition coefficient (Wildman–Crippen LogP) is 1.42. The molecule has 2 N–H and O–H groups in total. The molecule has 0 aromatic carbocycles. The molecule has 3 amide bonds. The summed E-state index contributed by atoms with van der Waals surface area (Å²) < 4.78 is 4.63. The van der Waals surface area contributed by atoms with E-state index in [9.17, 15) is 14.4 Å². The van der Waals surface area contributed by atoms with E-state index in [-0.39, 0.29) is 30.4 Å². The van der Waals surface area contributed by atoms with E-state index in [2.05, 4.69) is 15.4 Å². The molecule has 7 nitrogen and oxygen atoms in total. The van der Waals surface area contributed by atoms with Gasteiger partial charge in [-0.1, -0.05) is 19.3 Å². The van der Waals surface area contributed by atoms with Crippen molar-refractivity contribution in [3.8, 4) is 0 Å². The number of hydrogen-bond acceptors (Lipinski definition) is 4. The predicted molar refractivity (Wildman–Crippen MR) is 86.9 cm³/mol. The molecule has 0 spiro atoms. The third-order valence-electron chi connectivity index (χ3n) is 4.01. The Labute approximate surface area is 138 Å². The van der Waals surface area contributed by atoms with Crippen molar-refractivity contribution >= 4 is 17.9 Å². The van der Waals surface area contributed by atoms with Gasteiger partial charge in [0.05, 0.1) is 13.5 Å². The van der Waals surface area contributed by atoms with E-state index < -0.39 is 0 Å². The standard InChI is InChI=1S/C16H29N3O4/c1-13(20)17-10-6-11-19(12-9-15(21)23-2)16(22)18-14-7-4-3-5-8-14/h14H,3-12H2,1-2H3,(H,17,20)(H,18,22). The zero-order chi connectivity index (χ0) is 17.1. The van der Waals surface area contributed by atoms with Crippen molar-refractivity contribution in [3.63, 3.8) is 0 Å². The summed E-state index contributed by atoms with van der Waals surface area (Å²) in [5.74, 6) is -0.417. The van der Waals surface area contributed by atoms with Crippen molar-refractivity contribution in [1.82, 2.24) is 15.5 Å². The van der Waals surface area contributed by atoms with Crippen molar-refractivity contribution in [2.75, 3.05) is 26.7 Å². The summed E-state index contributed by atoms with van der Waals surface area (Å²) in [5, 5.41) is 5.77. The molecule has 0 heterocycles. The number of nitrogens with one attached hydrogen (secondary N) is 2. The molecule has 0 saturated heterocycles. The van der Waals surface area contributed by atoms with Crippen molar-refractivity contribution in [1.29, 1.82) is 0 Å². The molecule has 0 aromatic heterocycles. The smallest absolute Gasteiger partial charge is 0.317 e. The quantitative estimate of drug-likeness (QED) is 0.521. The van der Waals surface area contributed by atoms with Gasteiger partial charge in [0.1, 0.15) is 0 Å². The largest absolute Gasteiger partial charge is 0.469 e. The fraction of sp³-hybridized carbons (Fsp3) is 0.812. The Morgan fingerprint density at radius 2 is 1.83 bits per heavy atom. The van der Waals surface area contributed by atoms with Crippen LogP contribution in [0.5, 0.6) is 0 Å². The van der Waals surface area contributed by atoms with E-state index in [4.69, 9.17) is 0 Å². The Hall–Kier alpha value is -1.79. The number of carbonyl (C=O) groups is 3. The third kappa shape index (κ3) is 8.42. The van der Waals surface area contributed by atoms with Gasteiger partial charge in [-0.2, -0.15) is 0 Å². The third-order valence-corrected chi connectivity index (χ3v) is 4.01. The first-order valence-corrected chi connectivity index (χ1v) is 8.39. The lowest BCUT2D eigenvalue weighted by atomic mass is 9.96. The highest BCUT2D eigenvalue weighted by Gasteiger charge is 2.20. The van der Waals surface area contributed by atoms with Crippen molar-refractivity contribution in [3.05, 3.63) is 0 Å². The molecule has 23 heavy (non-hydrogen) atoms. The minimum Gasteiger partial charge on any atom is -0.469 e. The topological polar surface area (TPSA) is 87.7 Å². The first kappa shape index (κ1) is 19.3. The van der Waals surface area contributed by atoms with Crippen LogP contribution in [0.1, 0.15) is 51.9 Å². The van der Waals surface area contributed by atoms with E-state index in [0.29, 0.717) is 26.1 Å². The van der Waals surface area contributed by atoms with Gasteiger partial charge in [0.15, 0.2) is 0 Å². The number of urea groups is 1. The second kappa shape index (κ2) is 10.9. The summed E-state index contributed by atoms with van der Waals surface area (Å²) in [6, 6.07) is 0.0934. The lowest BCUT2D eigenvalue weighted by Crippen LogP contribution is -2.47. The highest BCUT2D eigenvalue weighted by atomic mass is 16.5. The molecule has 1 saturated carbocycles. The maximum atomic E-state index is 12.4. The molecule has 1 rings (SSSR count). The minimum atomic E-state index is -0.331. The Kier molecular flexibility index (Phi) is 9.09. The van der Waals surface area contributed by atoms with E-state index >= 15 is 0 Å². The van der Waals surface area contributed by atoms with Crippen LogP contribution in [0.15, 0.2) is 0 Å². The van der Waals surface area contributed by atoms with Gasteiger partial charge in [-0.15, -0.1) is 0 Å². The van der Waals surface area contributed by atoms with Crippen LogP contribution in [-0.2, 0) is 14.3 Å². The van der Waals surface area contributed by atoms with Crippen LogP contribution in [0.25, 0.3) is 0 Å². The number of rotatable bonds is 8. The summed E-state index contributed by atoms with van der Waals surface area (Å²) in [4.78, 5) is 36.2. The molecule has 0 aliphatic heterocycles. The Bertz CT molecular complexity index is 395. The van der Waals surface area contributed by atoms with Gasteiger partial charge in [0.2, 0.25) is 5.91 Å². The van der Waals surface area contributed by atoms with Gasteiger partial charge in [-0.3, -0.25) is 9.59 Å². The van der Waals surface area contributed by atoms with Crippen molar-refractivity contribution in [2.45, 2.75) is 57.9 Å². The van der Waals surface area contributed by atoms with E-state index in [1.807, 2.05) is 0 Å². The number of methoxy groups -OCH3 is 1.